The quantitative estimate of drug-likeness (QED) is 0.839. The van der Waals surface area contributed by atoms with Crippen LogP contribution in [0.15, 0.2) is 0 Å². The molecule has 0 aromatic rings. The average molecular weight is 256 g/mol. The summed E-state index contributed by atoms with van der Waals surface area (Å²) in [6.45, 7) is 5.74. The molecule has 0 atom stereocenters. The van der Waals surface area contributed by atoms with Gasteiger partial charge in [0.15, 0.2) is 0 Å². The molecule has 1 aliphatic rings. The number of rotatable bonds is 3. The first-order valence-corrected chi connectivity index (χ1v) is 6.51. The molecule has 2 amide bonds. The molecule has 5 nitrogen and oxygen atoms in total. The normalized spacial score (nSPS) is 16.4. The van der Waals surface area contributed by atoms with Crippen molar-refractivity contribution >= 4 is 12.0 Å². The summed E-state index contributed by atoms with van der Waals surface area (Å²) in [7, 11) is 1.58. The molecule has 0 aromatic carbocycles. The molecule has 0 aliphatic heterocycles. The maximum Gasteiger partial charge on any atom is 0.410 e. The van der Waals surface area contributed by atoms with Crippen LogP contribution in [0.1, 0.15) is 46.5 Å². The lowest BCUT2D eigenvalue weighted by atomic mass is 10.1. The van der Waals surface area contributed by atoms with E-state index in [9.17, 15) is 9.59 Å². The van der Waals surface area contributed by atoms with Gasteiger partial charge in [-0.3, -0.25) is 4.79 Å². The Morgan fingerprint density at radius 2 is 1.83 bits per heavy atom. The summed E-state index contributed by atoms with van der Waals surface area (Å²) < 4.78 is 5.31. The Morgan fingerprint density at radius 3 is 2.33 bits per heavy atom. The van der Waals surface area contributed by atoms with E-state index in [-0.39, 0.29) is 24.1 Å². The third kappa shape index (κ3) is 5.38. The Kier molecular flexibility index (Phi) is 4.99. The Labute approximate surface area is 109 Å². The zero-order valence-electron chi connectivity index (χ0n) is 11.8. The fourth-order valence-corrected chi connectivity index (χ4v) is 1.98. The number of hydrogen-bond acceptors (Lipinski definition) is 3. The van der Waals surface area contributed by atoms with E-state index in [2.05, 4.69) is 5.32 Å². The Morgan fingerprint density at radius 1 is 1.28 bits per heavy atom. The first-order chi connectivity index (χ1) is 8.28. The van der Waals surface area contributed by atoms with E-state index in [1.807, 2.05) is 20.8 Å². The lowest BCUT2D eigenvalue weighted by Gasteiger charge is -2.24. The van der Waals surface area contributed by atoms with E-state index in [1.165, 1.54) is 4.90 Å². The lowest BCUT2D eigenvalue weighted by Crippen LogP contribution is -2.46. The van der Waals surface area contributed by atoms with Gasteiger partial charge in [0.1, 0.15) is 12.6 Å². The smallest absolute Gasteiger partial charge is 0.410 e. The molecule has 0 spiro atoms. The van der Waals surface area contributed by atoms with Gasteiger partial charge in [0.2, 0.25) is 5.91 Å². The second kappa shape index (κ2) is 6.07. The van der Waals surface area contributed by atoms with Crippen LogP contribution in [0.3, 0.4) is 0 Å². The topological polar surface area (TPSA) is 58.6 Å². The van der Waals surface area contributed by atoms with Crippen LogP contribution in [-0.4, -0.2) is 42.1 Å². The monoisotopic (exact) mass is 256 g/mol. The van der Waals surface area contributed by atoms with Gasteiger partial charge in [-0.15, -0.1) is 0 Å². The molecule has 18 heavy (non-hydrogen) atoms. The molecule has 0 heterocycles. The largest absolute Gasteiger partial charge is 0.446 e. The van der Waals surface area contributed by atoms with Crippen LogP contribution in [-0.2, 0) is 9.53 Å². The number of carbonyl (C=O) groups excluding carboxylic acids is 2. The molecular formula is C13H24N2O3. The van der Waals surface area contributed by atoms with Gasteiger partial charge in [0.25, 0.3) is 0 Å². The molecule has 0 saturated heterocycles. The molecule has 0 radical (unpaired) electrons. The molecule has 1 fully saturated rings. The van der Waals surface area contributed by atoms with Crippen LogP contribution in [0.5, 0.6) is 0 Å². The zero-order chi connectivity index (χ0) is 13.8. The van der Waals surface area contributed by atoms with Crippen molar-refractivity contribution in [3.05, 3.63) is 0 Å². The zero-order valence-corrected chi connectivity index (χ0v) is 11.8. The first-order valence-electron chi connectivity index (χ1n) is 6.51. The fraction of sp³-hybridized carbons (Fsp3) is 0.846. The van der Waals surface area contributed by atoms with Crippen molar-refractivity contribution < 1.29 is 14.3 Å². The van der Waals surface area contributed by atoms with E-state index in [0.29, 0.717) is 0 Å². The summed E-state index contributed by atoms with van der Waals surface area (Å²) in [6, 6.07) is 0. The molecule has 1 saturated carbocycles. The van der Waals surface area contributed by atoms with Gasteiger partial charge in [-0.25, -0.2) is 4.79 Å². The van der Waals surface area contributed by atoms with Crippen LogP contribution in [0.25, 0.3) is 0 Å². The molecule has 104 valence electrons. The van der Waals surface area contributed by atoms with Gasteiger partial charge in [-0.05, 0) is 46.5 Å². The third-order valence-corrected chi connectivity index (χ3v) is 2.78. The van der Waals surface area contributed by atoms with Crippen molar-refractivity contribution in [1.29, 1.82) is 0 Å². The molecular weight excluding hydrogens is 232 g/mol. The Hall–Kier alpha value is -1.26. The molecule has 0 unspecified atom stereocenters. The lowest BCUT2D eigenvalue weighted by molar-refractivity contribution is -0.123. The highest BCUT2D eigenvalue weighted by Crippen LogP contribution is 2.21. The summed E-state index contributed by atoms with van der Waals surface area (Å²) in [5.74, 6) is -0.173. The van der Waals surface area contributed by atoms with Crippen LogP contribution >= 0.6 is 0 Å². The maximum absolute atomic E-state index is 11.7. The minimum atomic E-state index is -0.411. The van der Waals surface area contributed by atoms with Crippen LogP contribution in [0.4, 0.5) is 4.79 Å². The van der Waals surface area contributed by atoms with Crippen molar-refractivity contribution in [2.75, 3.05) is 13.6 Å². The first kappa shape index (κ1) is 14.8. The highest BCUT2D eigenvalue weighted by molar-refractivity contribution is 5.82. The summed E-state index contributed by atoms with van der Waals surface area (Å²) in [6.07, 6.45) is 3.73. The number of likely N-dealkylation sites (N-methyl/N-ethyl adjacent to an activating group) is 1. The average Bonchev–Trinajstić information content (AvgIpc) is 2.66. The second-order valence-corrected chi connectivity index (χ2v) is 5.94. The minimum absolute atomic E-state index is 0.0306. The second-order valence-electron chi connectivity index (χ2n) is 5.94. The molecule has 0 bridgehead atoms. The summed E-state index contributed by atoms with van der Waals surface area (Å²) in [4.78, 5) is 24.7. The summed E-state index contributed by atoms with van der Waals surface area (Å²) >= 11 is 0. The molecule has 1 rings (SSSR count). The maximum atomic E-state index is 11.7. The van der Waals surface area contributed by atoms with Crippen molar-refractivity contribution in [2.45, 2.75) is 58.1 Å². The number of nitrogens with one attached hydrogen (secondary N) is 1. The van der Waals surface area contributed by atoms with Gasteiger partial charge in [0, 0.05) is 12.6 Å². The van der Waals surface area contributed by atoms with Gasteiger partial charge < -0.3 is 15.0 Å². The minimum Gasteiger partial charge on any atom is -0.446 e. The van der Waals surface area contributed by atoms with Crippen LogP contribution in [0.2, 0.25) is 0 Å². The number of carbonyl (C=O) groups is 2. The van der Waals surface area contributed by atoms with E-state index in [1.54, 1.807) is 7.05 Å². The van der Waals surface area contributed by atoms with Crippen molar-refractivity contribution in [2.24, 2.45) is 0 Å². The molecule has 1 aliphatic carbocycles. The summed E-state index contributed by atoms with van der Waals surface area (Å²) in [5, 5.41) is 2.81. The fourth-order valence-electron chi connectivity index (χ4n) is 1.98. The van der Waals surface area contributed by atoms with Gasteiger partial charge in [0.05, 0.1) is 0 Å². The van der Waals surface area contributed by atoms with E-state index >= 15 is 0 Å². The number of hydrogen-bond donors (Lipinski definition) is 1. The number of ether oxygens (including phenoxy) is 1. The highest BCUT2D eigenvalue weighted by Gasteiger charge is 2.23. The van der Waals surface area contributed by atoms with Crippen molar-refractivity contribution in [3.8, 4) is 0 Å². The molecule has 1 N–H and O–H groups in total. The number of nitrogens with zero attached hydrogens (tertiary/aromatic N) is 1. The highest BCUT2D eigenvalue weighted by atomic mass is 16.6. The predicted molar refractivity (Wildman–Crippen MR) is 69.3 cm³/mol. The standard InChI is InChI=1S/C13H24N2O3/c1-13(2,3)14-11(16)9-15(4)12(17)18-10-7-5-6-8-10/h10H,5-9H2,1-4H3,(H,14,16). The van der Waals surface area contributed by atoms with Crippen molar-refractivity contribution in [1.82, 2.24) is 10.2 Å². The van der Waals surface area contributed by atoms with Crippen molar-refractivity contribution in [3.63, 3.8) is 0 Å². The Bertz CT molecular complexity index is 304. The van der Waals surface area contributed by atoms with E-state index in [0.717, 1.165) is 25.7 Å². The SMILES string of the molecule is CN(CC(=O)NC(C)(C)C)C(=O)OC1CCCC1. The molecule has 5 heteroatoms. The van der Waals surface area contributed by atoms with Crippen LogP contribution in [0, 0.1) is 0 Å². The summed E-state index contributed by atoms with van der Waals surface area (Å²) in [5.41, 5.74) is -0.284. The third-order valence-electron chi connectivity index (χ3n) is 2.78. The van der Waals surface area contributed by atoms with Gasteiger partial charge in [-0.1, -0.05) is 0 Å². The van der Waals surface area contributed by atoms with Gasteiger partial charge in [-0.2, -0.15) is 0 Å². The predicted octanol–water partition coefficient (Wildman–Crippen LogP) is 1.91. The van der Waals surface area contributed by atoms with Crippen LogP contribution < -0.4 is 5.32 Å². The molecule has 0 aromatic heterocycles. The van der Waals surface area contributed by atoms with Gasteiger partial charge >= 0.3 is 6.09 Å². The number of amides is 2. The Balaban J connectivity index is 2.32. The van der Waals surface area contributed by atoms with E-state index < -0.39 is 6.09 Å². The van der Waals surface area contributed by atoms with E-state index in [4.69, 9.17) is 4.74 Å².